The third-order valence-corrected chi connectivity index (χ3v) is 15.1. The fourth-order valence-corrected chi connectivity index (χ4v) is 16.9. The van der Waals surface area contributed by atoms with Crippen molar-refractivity contribution in [2.75, 3.05) is 13.1 Å². The number of nitrogens with zero attached hydrogens (tertiary/aromatic N) is 4. The number of piperidine rings is 1. The first-order valence-corrected chi connectivity index (χ1v) is 23.7. The van der Waals surface area contributed by atoms with E-state index in [0.29, 0.717) is 11.8 Å². The van der Waals surface area contributed by atoms with Gasteiger partial charge in [-0.25, -0.2) is 4.76 Å². The Labute approximate surface area is 263 Å². The number of guanidine groups is 1. The molecule has 0 amide bonds. The van der Waals surface area contributed by atoms with Gasteiger partial charge in [-0.3, -0.25) is 0 Å². The predicted molar refractivity (Wildman–Crippen MR) is 188 cm³/mol. The summed E-state index contributed by atoms with van der Waals surface area (Å²) in [5, 5.41) is 5.75. The molecule has 0 bridgehead atoms. The van der Waals surface area contributed by atoms with Gasteiger partial charge in [0.25, 0.3) is 0 Å². The summed E-state index contributed by atoms with van der Waals surface area (Å²) in [5.41, 5.74) is 3.84. The molecule has 0 N–H and O–H groups in total. The Morgan fingerprint density at radius 3 is 1.48 bits per heavy atom. The van der Waals surface area contributed by atoms with E-state index in [9.17, 15) is 0 Å². The monoisotopic (exact) mass is 650 g/mol. The van der Waals surface area contributed by atoms with E-state index in [1.807, 2.05) is 0 Å². The molecule has 0 saturated carbocycles. The van der Waals surface area contributed by atoms with Crippen molar-refractivity contribution < 1.29 is 16.8 Å². The van der Waals surface area contributed by atoms with Crippen LogP contribution in [0.15, 0.2) is 23.0 Å². The Kier molecular flexibility index (Phi) is 16.0. The third kappa shape index (κ3) is 14.3. The second-order valence-electron chi connectivity index (χ2n) is 16.0. The summed E-state index contributed by atoms with van der Waals surface area (Å²) in [7, 11) is -3.27. The van der Waals surface area contributed by atoms with Crippen LogP contribution in [0.25, 0.3) is 9.96 Å². The molecule has 40 heavy (non-hydrogen) atoms. The maximum Gasteiger partial charge on any atom is 2.00 e. The van der Waals surface area contributed by atoms with E-state index in [1.165, 1.54) is 30.4 Å². The molecule has 1 aliphatic rings. The van der Waals surface area contributed by atoms with Crippen LogP contribution in [0.5, 0.6) is 0 Å². The normalized spacial score (nSPS) is 15.7. The van der Waals surface area contributed by atoms with E-state index < -0.39 is 24.5 Å². The van der Waals surface area contributed by atoms with E-state index in [-0.39, 0.29) is 27.1 Å². The second-order valence-corrected chi connectivity index (χ2v) is 29.5. The van der Waals surface area contributed by atoms with Crippen molar-refractivity contribution in [1.29, 1.82) is 0 Å². The predicted octanol–water partition coefficient (Wildman–Crippen LogP) is 11.5. The molecule has 8 heteroatoms. The van der Waals surface area contributed by atoms with Gasteiger partial charge in [0, 0.05) is 0 Å². The minimum atomic E-state index is -1.11. The molecule has 2 rings (SSSR count). The standard InChI is InChI=1S/C26H45N3P.C6H18NSi2.Co/c1-19(2)21-15-14-16-22(20(3)4)23(21)27-24(29-17-12-11-13-18-29)28-30(25(5,6)7)26(8,9)10;1-8(2,3)7-9(4,5)6;/h14-16,19-20H,11-13,17-18H2,1-10H3;1-6H3;/q2*-1;+2/p+1. The summed E-state index contributed by atoms with van der Waals surface area (Å²) < 4.78 is 10.3. The number of hydrogen-bond donors (Lipinski definition) is 0. The first-order chi connectivity index (χ1) is 17.5. The maximum absolute atomic E-state index is 5.52. The Balaban J connectivity index is 0.00000131. The number of rotatable bonds is 6. The minimum absolute atomic E-state index is 0. The Bertz CT molecular complexity index is 865. The van der Waals surface area contributed by atoms with Crippen LogP contribution < -0.4 is 0 Å². The average molecular weight is 651 g/mol. The smallest absolute Gasteiger partial charge is 0.668 e. The summed E-state index contributed by atoms with van der Waals surface area (Å²) in [4.78, 5) is 2.47. The molecule has 0 atom stereocenters. The van der Waals surface area contributed by atoms with Gasteiger partial charge >= 0.3 is 16.8 Å². The first-order valence-electron chi connectivity index (χ1n) is 15.3. The van der Waals surface area contributed by atoms with Crippen LogP contribution in [0, 0.1) is 0 Å². The van der Waals surface area contributed by atoms with Crippen molar-refractivity contribution in [3.63, 3.8) is 0 Å². The van der Waals surface area contributed by atoms with Gasteiger partial charge in [0.05, 0.1) is 24.3 Å². The van der Waals surface area contributed by atoms with E-state index in [0.717, 1.165) is 24.7 Å². The van der Waals surface area contributed by atoms with Crippen LogP contribution in [0.1, 0.15) is 111 Å². The summed E-state index contributed by atoms with van der Waals surface area (Å²) >= 11 is 0. The Hall–Kier alpha value is -0.180. The Morgan fingerprint density at radius 1 is 0.775 bits per heavy atom. The van der Waals surface area contributed by atoms with Crippen molar-refractivity contribution in [1.82, 2.24) is 4.90 Å². The Morgan fingerprint density at radius 2 is 1.18 bits per heavy atom. The topological polar surface area (TPSA) is 43.8 Å². The molecular weight excluding hydrogens is 586 g/mol. The zero-order chi connectivity index (χ0) is 30.4. The van der Waals surface area contributed by atoms with Gasteiger partial charge in [0.2, 0.25) is 0 Å². The van der Waals surface area contributed by atoms with Gasteiger partial charge in [-0.05, 0) is 96.1 Å². The van der Waals surface area contributed by atoms with Crippen molar-refractivity contribution in [3.8, 4) is 0 Å². The molecule has 233 valence electrons. The molecule has 1 aromatic rings. The van der Waals surface area contributed by atoms with E-state index in [4.69, 9.17) is 14.7 Å². The van der Waals surface area contributed by atoms with Gasteiger partial charge in [0.1, 0.15) is 0 Å². The molecular formula is C32H64CoN4PSi2+. The second kappa shape index (κ2) is 16.0. The van der Waals surface area contributed by atoms with Gasteiger partial charge < -0.3 is 14.9 Å². The molecule has 1 heterocycles. The fourth-order valence-electron chi connectivity index (χ4n) is 5.57. The van der Waals surface area contributed by atoms with Crippen molar-refractivity contribution in [2.45, 2.75) is 150 Å². The van der Waals surface area contributed by atoms with Gasteiger partial charge in [0.15, 0.2) is 0 Å². The SMILES string of the molecule is CC(C)c1cccc(C(C)C)c1[N-]/C(=N\[PH+](C(C)(C)C)C(C)(C)C)N1CCCCC1.C[Si](C)(C)[N-][Si](C)(C)C.[Co+2]. The summed E-state index contributed by atoms with van der Waals surface area (Å²) in [6.07, 6.45) is 3.80. The quantitative estimate of drug-likeness (QED) is 0.131. The summed E-state index contributed by atoms with van der Waals surface area (Å²) in [6.45, 7) is 39.1. The first kappa shape index (κ1) is 39.8. The largest absolute Gasteiger partial charge is 2.00 e. The number of likely N-dealkylation sites (tertiary alicyclic amines) is 1. The molecule has 4 nitrogen and oxygen atoms in total. The van der Waals surface area contributed by atoms with Crippen molar-refractivity contribution in [3.05, 3.63) is 39.3 Å². The summed E-state index contributed by atoms with van der Waals surface area (Å²) in [6, 6.07) is 6.70. The van der Waals surface area contributed by atoms with E-state index in [1.54, 1.807) is 0 Å². The molecule has 0 aliphatic carbocycles. The van der Waals surface area contributed by atoms with Crippen LogP contribution in [0.4, 0.5) is 5.69 Å². The van der Waals surface area contributed by atoms with Crippen LogP contribution >= 0.6 is 8.07 Å². The molecule has 1 saturated heterocycles. The van der Waals surface area contributed by atoms with Gasteiger partial charge in [-0.1, -0.05) is 108 Å². The van der Waals surface area contributed by atoms with Crippen molar-refractivity contribution in [2.24, 2.45) is 4.76 Å². The minimum Gasteiger partial charge on any atom is -0.668 e. The van der Waals surface area contributed by atoms with Crippen LogP contribution in [-0.4, -0.2) is 50.7 Å². The number of hydrogen-bond acceptors (Lipinski definition) is 1. The van der Waals surface area contributed by atoms with Gasteiger partial charge in [-0.15, -0.1) is 0 Å². The fraction of sp³-hybridized carbons (Fsp3) is 0.781. The van der Waals surface area contributed by atoms with E-state index >= 15 is 0 Å². The average Bonchev–Trinajstić information content (AvgIpc) is 2.73. The molecule has 0 aromatic heterocycles. The van der Waals surface area contributed by atoms with Crippen LogP contribution in [0.3, 0.4) is 0 Å². The zero-order valence-corrected chi connectivity index (χ0v) is 33.1. The van der Waals surface area contributed by atoms with Crippen LogP contribution in [-0.2, 0) is 16.8 Å². The van der Waals surface area contributed by atoms with E-state index in [2.05, 4.69) is 132 Å². The number of para-hydroxylation sites is 1. The van der Waals surface area contributed by atoms with Crippen LogP contribution in [0.2, 0.25) is 39.3 Å². The molecule has 1 aromatic carbocycles. The molecule has 0 spiro atoms. The molecule has 1 aliphatic heterocycles. The molecule has 1 fully saturated rings. The van der Waals surface area contributed by atoms with Gasteiger partial charge in [-0.2, -0.15) is 0 Å². The molecule has 1 radical (unpaired) electrons. The zero-order valence-electron chi connectivity index (χ0n) is 29.0. The van der Waals surface area contributed by atoms with Crippen molar-refractivity contribution >= 4 is 36.2 Å². The molecule has 0 unspecified atom stereocenters. The third-order valence-electron chi connectivity index (χ3n) is 6.50. The summed E-state index contributed by atoms with van der Waals surface area (Å²) in [5.74, 6) is 1.88. The number of benzene rings is 1. The maximum atomic E-state index is 5.52.